The number of amides is 4. The van der Waals surface area contributed by atoms with Crippen molar-refractivity contribution in [1.82, 2.24) is 30.8 Å². The molecule has 0 spiro atoms. The largest absolute Gasteiger partial charge is 0.444 e. The number of hydrogen-bond acceptors (Lipinski definition) is 8. The van der Waals surface area contributed by atoms with Gasteiger partial charge in [0.05, 0.1) is 22.4 Å². The molecule has 3 N–H and O–H groups in total. The standard InChI is InChI=1S/C34H42N6O4S2/c1-24(2)31(39-33(42)40(3)20-29-18-35-22-45-29)32(41)37-27(16-25-10-6-4-7-11-25)14-15-28(17-26-12-8-5-9-13-26)38-34(43)44-21-30-19-36-23-46-30/h4-13,18-19,22-24,27-28,31H,14-17,20-21H2,1-3H3,(H,37,41)(H,38,43)(H,39,42)/t27?,28-,31-/m0/s1. The number of alkyl carbamates (subject to hydrolysis) is 1. The van der Waals surface area contributed by atoms with E-state index in [0.717, 1.165) is 20.9 Å². The first-order chi connectivity index (χ1) is 22.3. The predicted molar refractivity (Wildman–Crippen MR) is 181 cm³/mol. The van der Waals surface area contributed by atoms with Gasteiger partial charge in [0.15, 0.2) is 0 Å². The summed E-state index contributed by atoms with van der Waals surface area (Å²) in [6.07, 6.45) is 5.32. The topological polar surface area (TPSA) is 126 Å². The molecule has 2 aromatic carbocycles. The summed E-state index contributed by atoms with van der Waals surface area (Å²) in [5.41, 5.74) is 5.60. The second-order valence-corrected chi connectivity index (χ2v) is 13.5. The Morgan fingerprint density at radius 2 is 1.33 bits per heavy atom. The van der Waals surface area contributed by atoms with Gasteiger partial charge in [-0.15, -0.1) is 22.7 Å². The van der Waals surface area contributed by atoms with Crippen molar-refractivity contribution in [2.24, 2.45) is 5.92 Å². The van der Waals surface area contributed by atoms with E-state index in [1.807, 2.05) is 74.5 Å². The minimum absolute atomic E-state index is 0.140. The molecule has 0 aliphatic heterocycles. The molecule has 46 heavy (non-hydrogen) atoms. The van der Waals surface area contributed by atoms with E-state index in [1.165, 1.54) is 22.7 Å². The number of nitrogens with one attached hydrogen (secondary N) is 3. The highest BCUT2D eigenvalue weighted by Gasteiger charge is 2.28. The minimum Gasteiger partial charge on any atom is -0.444 e. The van der Waals surface area contributed by atoms with Crippen molar-refractivity contribution in [3.05, 3.63) is 105 Å². The molecule has 3 atom stereocenters. The van der Waals surface area contributed by atoms with E-state index in [9.17, 15) is 14.4 Å². The van der Waals surface area contributed by atoms with Crippen LogP contribution in [0.5, 0.6) is 0 Å². The molecule has 4 amide bonds. The van der Waals surface area contributed by atoms with Crippen LogP contribution in [0.25, 0.3) is 0 Å². The maximum Gasteiger partial charge on any atom is 0.407 e. The summed E-state index contributed by atoms with van der Waals surface area (Å²) in [4.78, 5) is 51.1. The molecule has 2 heterocycles. The maximum atomic E-state index is 13.7. The molecule has 12 heteroatoms. The van der Waals surface area contributed by atoms with E-state index in [2.05, 4.69) is 25.9 Å². The molecule has 0 bridgehead atoms. The van der Waals surface area contributed by atoms with Gasteiger partial charge in [0.1, 0.15) is 12.6 Å². The third-order valence-electron chi connectivity index (χ3n) is 7.46. The average Bonchev–Trinajstić information content (AvgIpc) is 3.77. The maximum absolute atomic E-state index is 13.7. The Bertz CT molecular complexity index is 1470. The molecule has 0 saturated heterocycles. The molecule has 2 aromatic heterocycles. The Hall–Kier alpha value is -4.29. The third-order valence-corrected chi connectivity index (χ3v) is 8.98. The molecular formula is C34H42N6O4S2. The van der Waals surface area contributed by atoms with Crippen LogP contribution in [0.4, 0.5) is 9.59 Å². The molecule has 4 rings (SSSR count). The van der Waals surface area contributed by atoms with Gasteiger partial charge >= 0.3 is 12.1 Å². The summed E-state index contributed by atoms with van der Waals surface area (Å²) < 4.78 is 5.47. The van der Waals surface area contributed by atoms with Crippen molar-refractivity contribution in [2.45, 2.75) is 70.8 Å². The summed E-state index contributed by atoms with van der Waals surface area (Å²) in [7, 11) is 1.70. The van der Waals surface area contributed by atoms with Gasteiger partial charge in [0, 0.05) is 36.4 Å². The molecule has 0 radical (unpaired) electrons. The van der Waals surface area contributed by atoms with Gasteiger partial charge in [0.2, 0.25) is 5.91 Å². The number of rotatable bonds is 16. The second kappa shape index (κ2) is 18.0. The number of benzene rings is 2. The number of hydrogen-bond donors (Lipinski definition) is 3. The van der Waals surface area contributed by atoms with Crippen molar-refractivity contribution in [3.63, 3.8) is 0 Å². The number of carbonyl (C=O) groups excluding carboxylic acids is 3. The van der Waals surface area contributed by atoms with Crippen LogP contribution in [0.3, 0.4) is 0 Å². The highest BCUT2D eigenvalue weighted by atomic mass is 32.1. The lowest BCUT2D eigenvalue weighted by atomic mass is 9.95. The lowest BCUT2D eigenvalue weighted by Gasteiger charge is -2.28. The van der Waals surface area contributed by atoms with Crippen molar-refractivity contribution in [1.29, 1.82) is 0 Å². The number of ether oxygens (including phenoxy) is 1. The Morgan fingerprint density at radius 3 is 1.85 bits per heavy atom. The van der Waals surface area contributed by atoms with E-state index in [1.54, 1.807) is 35.4 Å². The van der Waals surface area contributed by atoms with Crippen molar-refractivity contribution >= 4 is 40.7 Å². The molecule has 0 aliphatic carbocycles. The number of aromatic nitrogens is 2. The molecule has 1 unspecified atom stereocenters. The molecule has 10 nitrogen and oxygen atoms in total. The number of urea groups is 1. The fourth-order valence-electron chi connectivity index (χ4n) is 5.00. The van der Waals surface area contributed by atoms with E-state index in [0.29, 0.717) is 32.2 Å². The molecular weight excluding hydrogens is 621 g/mol. The lowest BCUT2D eigenvalue weighted by Crippen LogP contribution is -2.54. The minimum atomic E-state index is -0.727. The Morgan fingerprint density at radius 1 is 0.783 bits per heavy atom. The normalized spacial score (nSPS) is 13.0. The van der Waals surface area contributed by atoms with Crippen molar-refractivity contribution in [2.75, 3.05) is 7.05 Å². The first-order valence-electron chi connectivity index (χ1n) is 15.3. The van der Waals surface area contributed by atoms with Gasteiger partial charge in [-0.05, 0) is 42.7 Å². The van der Waals surface area contributed by atoms with E-state index in [-0.39, 0.29) is 36.5 Å². The van der Waals surface area contributed by atoms with Gasteiger partial charge in [0.25, 0.3) is 0 Å². The van der Waals surface area contributed by atoms with Crippen molar-refractivity contribution in [3.8, 4) is 0 Å². The quantitative estimate of drug-likeness (QED) is 0.139. The zero-order valence-corrected chi connectivity index (χ0v) is 28.1. The van der Waals surface area contributed by atoms with Crippen LogP contribution in [0.2, 0.25) is 0 Å². The Kier molecular flexibility index (Phi) is 13.5. The highest BCUT2D eigenvalue weighted by molar-refractivity contribution is 7.09. The fourth-order valence-corrected chi connectivity index (χ4v) is 6.16. The van der Waals surface area contributed by atoms with Crippen LogP contribution in [0, 0.1) is 5.92 Å². The summed E-state index contributed by atoms with van der Waals surface area (Å²) in [6, 6.07) is 18.4. The Balaban J connectivity index is 1.43. The van der Waals surface area contributed by atoms with Crippen LogP contribution < -0.4 is 16.0 Å². The Labute approximate surface area is 278 Å². The van der Waals surface area contributed by atoms with Gasteiger partial charge < -0.3 is 25.6 Å². The van der Waals surface area contributed by atoms with Gasteiger partial charge in [-0.25, -0.2) is 9.59 Å². The average molecular weight is 663 g/mol. The van der Waals surface area contributed by atoms with Gasteiger partial charge in [-0.1, -0.05) is 74.5 Å². The van der Waals surface area contributed by atoms with E-state index < -0.39 is 12.1 Å². The zero-order chi connectivity index (χ0) is 32.7. The summed E-state index contributed by atoms with van der Waals surface area (Å²) >= 11 is 2.90. The molecule has 0 saturated carbocycles. The first kappa shape index (κ1) is 34.6. The predicted octanol–water partition coefficient (Wildman–Crippen LogP) is 5.81. The van der Waals surface area contributed by atoms with Gasteiger partial charge in [-0.2, -0.15) is 0 Å². The monoisotopic (exact) mass is 662 g/mol. The molecule has 244 valence electrons. The SMILES string of the molecule is CC(C)[C@H](NC(=O)N(C)Cc1cncs1)C(=O)NC(CC[C@@H](Cc1ccccc1)NC(=O)OCc1cncs1)Cc1ccccc1. The van der Waals surface area contributed by atoms with Crippen LogP contribution in [0.1, 0.15) is 47.6 Å². The number of nitrogens with zero attached hydrogens (tertiary/aromatic N) is 3. The molecule has 4 aromatic rings. The summed E-state index contributed by atoms with van der Waals surface area (Å²) in [5, 5.41) is 9.19. The molecule has 0 aliphatic rings. The summed E-state index contributed by atoms with van der Waals surface area (Å²) in [5.74, 6) is -0.383. The van der Waals surface area contributed by atoms with Crippen LogP contribution >= 0.6 is 22.7 Å². The number of thiazole rings is 2. The van der Waals surface area contributed by atoms with Crippen LogP contribution in [-0.2, 0) is 35.5 Å². The zero-order valence-electron chi connectivity index (χ0n) is 26.4. The van der Waals surface area contributed by atoms with E-state index in [4.69, 9.17) is 4.74 Å². The van der Waals surface area contributed by atoms with Gasteiger partial charge in [-0.3, -0.25) is 14.8 Å². The number of carbonyl (C=O) groups is 3. The fraction of sp³-hybridized carbons (Fsp3) is 0.382. The smallest absolute Gasteiger partial charge is 0.407 e. The van der Waals surface area contributed by atoms with Crippen LogP contribution in [-0.4, -0.2) is 58.1 Å². The highest BCUT2D eigenvalue weighted by Crippen LogP contribution is 2.16. The first-order valence-corrected chi connectivity index (χ1v) is 17.1. The second-order valence-electron chi connectivity index (χ2n) is 11.5. The third kappa shape index (κ3) is 11.6. The summed E-state index contributed by atoms with van der Waals surface area (Å²) in [6.45, 7) is 4.39. The molecule has 0 fully saturated rings. The van der Waals surface area contributed by atoms with E-state index >= 15 is 0 Å². The lowest BCUT2D eigenvalue weighted by molar-refractivity contribution is -0.124. The van der Waals surface area contributed by atoms with Crippen molar-refractivity contribution < 1.29 is 19.1 Å². The van der Waals surface area contributed by atoms with Crippen LogP contribution in [0.15, 0.2) is 84.1 Å².